The third kappa shape index (κ3) is 10.4. The van der Waals surface area contributed by atoms with Crippen molar-refractivity contribution in [1.82, 2.24) is 10.2 Å². The molecule has 0 aliphatic rings. The van der Waals surface area contributed by atoms with E-state index in [0.717, 1.165) is 39.0 Å². The molecule has 0 aromatic carbocycles. The van der Waals surface area contributed by atoms with Gasteiger partial charge in [-0.2, -0.15) is 0 Å². The Morgan fingerprint density at radius 3 is 2.75 bits per heavy atom. The normalized spacial score (nSPS) is 13.3. The van der Waals surface area contributed by atoms with Crippen molar-refractivity contribution in [1.29, 1.82) is 0 Å². The first kappa shape index (κ1) is 15.8. The Bertz CT molecular complexity index is 145. The van der Waals surface area contributed by atoms with E-state index in [1.807, 2.05) is 14.1 Å². The number of aliphatic hydroxyl groups is 1. The maximum Gasteiger partial charge on any atom is 0.0900 e. The summed E-state index contributed by atoms with van der Waals surface area (Å²) >= 11 is 0. The van der Waals surface area contributed by atoms with E-state index in [2.05, 4.69) is 17.1 Å². The highest BCUT2D eigenvalue weighted by molar-refractivity contribution is 4.61. The van der Waals surface area contributed by atoms with Crippen LogP contribution in [0.5, 0.6) is 0 Å². The molecule has 0 aromatic rings. The highest BCUT2D eigenvalue weighted by Crippen LogP contribution is 1.94. The van der Waals surface area contributed by atoms with Crippen LogP contribution >= 0.6 is 0 Å². The standard InChI is InChI=1S/C12H28N2O2/c1-4-5-9-16-11-12(15)10-14(3)8-6-7-13-2/h12-13,15H,4-11H2,1-3H3. The quantitative estimate of drug-likeness (QED) is 0.515. The third-order valence-corrected chi connectivity index (χ3v) is 2.44. The highest BCUT2D eigenvalue weighted by atomic mass is 16.5. The fraction of sp³-hybridized carbons (Fsp3) is 1.00. The Labute approximate surface area is 100.0 Å². The van der Waals surface area contributed by atoms with Crippen LogP contribution in [0.1, 0.15) is 26.2 Å². The predicted octanol–water partition coefficient (Wildman–Crippen LogP) is 0.705. The van der Waals surface area contributed by atoms with Gasteiger partial charge in [-0.15, -0.1) is 0 Å². The number of ether oxygens (including phenoxy) is 1. The monoisotopic (exact) mass is 232 g/mol. The molecule has 0 spiro atoms. The summed E-state index contributed by atoms with van der Waals surface area (Å²) in [6.45, 7) is 6.07. The van der Waals surface area contributed by atoms with Crippen LogP contribution in [-0.2, 0) is 4.74 Å². The van der Waals surface area contributed by atoms with Gasteiger partial charge in [0.05, 0.1) is 12.7 Å². The molecule has 0 aliphatic carbocycles. The zero-order valence-electron chi connectivity index (χ0n) is 11.0. The van der Waals surface area contributed by atoms with Crippen molar-refractivity contribution >= 4 is 0 Å². The summed E-state index contributed by atoms with van der Waals surface area (Å²) < 4.78 is 5.37. The first-order valence-electron chi connectivity index (χ1n) is 6.29. The van der Waals surface area contributed by atoms with E-state index < -0.39 is 0 Å². The highest BCUT2D eigenvalue weighted by Gasteiger charge is 2.07. The summed E-state index contributed by atoms with van der Waals surface area (Å²) in [7, 11) is 3.99. The van der Waals surface area contributed by atoms with E-state index in [-0.39, 0.29) is 6.10 Å². The fourth-order valence-electron chi connectivity index (χ4n) is 1.50. The lowest BCUT2D eigenvalue weighted by Crippen LogP contribution is -2.33. The molecule has 1 atom stereocenters. The first-order chi connectivity index (χ1) is 7.70. The average Bonchev–Trinajstić information content (AvgIpc) is 2.25. The molecule has 1 unspecified atom stereocenters. The van der Waals surface area contributed by atoms with Gasteiger partial charge in [-0.25, -0.2) is 0 Å². The van der Waals surface area contributed by atoms with Crippen LogP contribution in [0.4, 0.5) is 0 Å². The lowest BCUT2D eigenvalue weighted by Gasteiger charge is -2.20. The van der Waals surface area contributed by atoms with Crippen LogP contribution in [0.15, 0.2) is 0 Å². The molecule has 4 heteroatoms. The molecule has 0 bridgehead atoms. The number of rotatable bonds is 11. The number of aliphatic hydroxyl groups excluding tert-OH is 1. The van der Waals surface area contributed by atoms with Crippen LogP contribution in [0.25, 0.3) is 0 Å². The van der Waals surface area contributed by atoms with Gasteiger partial charge in [0.2, 0.25) is 0 Å². The van der Waals surface area contributed by atoms with E-state index in [1.165, 1.54) is 0 Å². The number of hydrogen-bond donors (Lipinski definition) is 2. The molecule has 2 N–H and O–H groups in total. The Morgan fingerprint density at radius 1 is 1.38 bits per heavy atom. The molecule has 0 heterocycles. The zero-order valence-corrected chi connectivity index (χ0v) is 11.0. The van der Waals surface area contributed by atoms with E-state index in [1.54, 1.807) is 0 Å². The minimum Gasteiger partial charge on any atom is -0.389 e. The largest absolute Gasteiger partial charge is 0.389 e. The predicted molar refractivity (Wildman–Crippen MR) is 67.8 cm³/mol. The summed E-state index contributed by atoms with van der Waals surface area (Å²) in [6.07, 6.45) is 2.96. The Kier molecular flexibility index (Phi) is 11.2. The fourth-order valence-corrected chi connectivity index (χ4v) is 1.50. The van der Waals surface area contributed by atoms with E-state index >= 15 is 0 Å². The van der Waals surface area contributed by atoms with Gasteiger partial charge in [0, 0.05) is 13.2 Å². The molecule has 0 amide bonds. The number of unbranched alkanes of at least 4 members (excludes halogenated alkanes) is 1. The molecule has 0 rings (SSSR count). The molecular formula is C12H28N2O2. The molecule has 4 nitrogen and oxygen atoms in total. The summed E-state index contributed by atoms with van der Waals surface area (Å²) in [5.74, 6) is 0. The van der Waals surface area contributed by atoms with Crippen molar-refractivity contribution in [3.05, 3.63) is 0 Å². The van der Waals surface area contributed by atoms with Gasteiger partial charge in [-0.1, -0.05) is 13.3 Å². The van der Waals surface area contributed by atoms with Crippen LogP contribution in [0.2, 0.25) is 0 Å². The molecule has 0 radical (unpaired) electrons. The van der Waals surface area contributed by atoms with Crippen LogP contribution in [0, 0.1) is 0 Å². The third-order valence-electron chi connectivity index (χ3n) is 2.44. The van der Waals surface area contributed by atoms with Crippen molar-refractivity contribution in [2.45, 2.75) is 32.3 Å². The Hall–Kier alpha value is -0.160. The summed E-state index contributed by atoms with van der Waals surface area (Å²) in [5.41, 5.74) is 0. The molecule has 0 saturated carbocycles. The van der Waals surface area contributed by atoms with Gasteiger partial charge in [0.15, 0.2) is 0 Å². The van der Waals surface area contributed by atoms with Crippen LogP contribution in [-0.4, -0.2) is 63.1 Å². The van der Waals surface area contributed by atoms with Gasteiger partial charge in [0.1, 0.15) is 0 Å². The van der Waals surface area contributed by atoms with E-state index in [9.17, 15) is 5.11 Å². The maximum absolute atomic E-state index is 9.69. The Morgan fingerprint density at radius 2 is 2.12 bits per heavy atom. The van der Waals surface area contributed by atoms with Gasteiger partial charge in [-0.3, -0.25) is 0 Å². The Balaban J connectivity index is 3.35. The molecule has 0 saturated heterocycles. The van der Waals surface area contributed by atoms with E-state index in [4.69, 9.17) is 4.74 Å². The second kappa shape index (κ2) is 11.3. The van der Waals surface area contributed by atoms with Crippen molar-refractivity contribution < 1.29 is 9.84 Å². The molecule has 16 heavy (non-hydrogen) atoms. The zero-order chi connectivity index (χ0) is 12.2. The van der Waals surface area contributed by atoms with Gasteiger partial charge in [-0.05, 0) is 40.0 Å². The minimum absolute atomic E-state index is 0.364. The molecule has 98 valence electrons. The van der Waals surface area contributed by atoms with Gasteiger partial charge >= 0.3 is 0 Å². The average molecular weight is 232 g/mol. The maximum atomic E-state index is 9.69. The van der Waals surface area contributed by atoms with Gasteiger partial charge < -0.3 is 20.1 Å². The number of hydrogen-bond acceptors (Lipinski definition) is 4. The SMILES string of the molecule is CCCCOCC(O)CN(C)CCCNC. The van der Waals surface area contributed by atoms with Crippen molar-refractivity contribution in [3.63, 3.8) is 0 Å². The lowest BCUT2D eigenvalue weighted by atomic mass is 10.3. The second-order valence-corrected chi connectivity index (χ2v) is 4.30. The lowest BCUT2D eigenvalue weighted by molar-refractivity contribution is 0.0198. The second-order valence-electron chi connectivity index (χ2n) is 4.30. The van der Waals surface area contributed by atoms with Crippen LogP contribution < -0.4 is 5.32 Å². The molecule has 0 fully saturated rings. The van der Waals surface area contributed by atoms with Gasteiger partial charge in [0.25, 0.3) is 0 Å². The molecule has 0 aliphatic heterocycles. The molecular weight excluding hydrogens is 204 g/mol. The minimum atomic E-state index is -0.364. The van der Waals surface area contributed by atoms with Crippen LogP contribution in [0.3, 0.4) is 0 Å². The van der Waals surface area contributed by atoms with Crippen molar-refractivity contribution in [3.8, 4) is 0 Å². The number of nitrogens with one attached hydrogen (secondary N) is 1. The number of nitrogens with zero attached hydrogens (tertiary/aromatic N) is 1. The summed E-state index contributed by atoms with van der Waals surface area (Å²) in [4.78, 5) is 2.14. The number of likely N-dealkylation sites (N-methyl/N-ethyl adjacent to an activating group) is 1. The first-order valence-corrected chi connectivity index (χ1v) is 6.29. The molecule has 0 aromatic heterocycles. The smallest absolute Gasteiger partial charge is 0.0900 e. The summed E-state index contributed by atoms with van der Waals surface area (Å²) in [5, 5.41) is 12.8. The topological polar surface area (TPSA) is 44.7 Å². The van der Waals surface area contributed by atoms with E-state index in [0.29, 0.717) is 13.2 Å². The summed E-state index contributed by atoms with van der Waals surface area (Å²) in [6, 6.07) is 0. The van der Waals surface area contributed by atoms with Crippen molar-refractivity contribution in [2.24, 2.45) is 0 Å². The van der Waals surface area contributed by atoms with Crippen molar-refractivity contribution in [2.75, 3.05) is 46.9 Å².